The Labute approximate surface area is 266 Å². The van der Waals surface area contributed by atoms with Gasteiger partial charge in [-0.1, -0.05) is 84.6 Å². The number of carbonyl (C=O) groups is 2. The van der Waals surface area contributed by atoms with Crippen LogP contribution in [0.25, 0.3) is 22.5 Å². The number of aromatic nitrogens is 2. The Morgan fingerprint density at radius 2 is 1.59 bits per heavy atom. The molecule has 1 aliphatic rings. The maximum Gasteiger partial charge on any atom is 0.257 e. The molecule has 9 nitrogen and oxygen atoms in total. The number of fused-ring (bicyclic) bond motifs is 1. The zero-order valence-electron chi connectivity index (χ0n) is 24.3. The van der Waals surface area contributed by atoms with Crippen LogP contribution in [0.15, 0.2) is 83.8 Å². The Bertz CT molecular complexity index is 1590. The van der Waals surface area contributed by atoms with Gasteiger partial charge >= 0.3 is 0 Å². The van der Waals surface area contributed by atoms with Crippen LogP contribution >= 0.6 is 23.5 Å². The first-order chi connectivity index (χ1) is 21.3. The number of aryl methyl sites for hydroxylation is 1. The van der Waals surface area contributed by atoms with Gasteiger partial charge in [0.1, 0.15) is 6.10 Å². The molecule has 3 N–H and O–H groups in total. The molecule has 0 spiro atoms. The second kappa shape index (κ2) is 14.8. The van der Waals surface area contributed by atoms with Gasteiger partial charge in [-0.15, -0.1) is 0 Å². The molecule has 0 saturated carbocycles. The molecule has 0 aliphatic carbocycles. The molecule has 4 aromatic rings. The lowest BCUT2D eigenvalue weighted by Crippen LogP contribution is -2.46. The summed E-state index contributed by atoms with van der Waals surface area (Å²) in [6.07, 6.45) is 1.98. The third-order valence-corrected chi connectivity index (χ3v) is 8.27. The number of hydrazine groups is 1. The van der Waals surface area contributed by atoms with Gasteiger partial charge in [0.2, 0.25) is 5.91 Å². The summed E-state index contributed by atoms with van der Waals surface area (Å²) in [7, 11) is 0. The van der Waals surface area contributed by atoms with E-state index < -0.39 is 12.0 Å². The molecule has 1 atom stereocenters. The molecule has 11 heteroatoms. The van der Waals surface area contributed by atoms with Crippen LogP contribution in [0, 0.1) is 6.92 Å². The zero-order chi connectivity index (χ0) is 31.1. The molecule has 5 rings (SSSR count). The van der Waals surface area contributed by atoms with Gasteiger partial charge in [0.05, 0.1) is 17.1 Å². The van der Waals surface area contributed by atoms with E-state index in [0.29, 0.717) is 51.9 Å². The maximum atomic E-state index is 13.1. The van der Waals surface area contributed by atoms with Crippen LogP contribution in [0.1, 0.15) is 43.4 Å². The number of aliphatic hydroxyl groups excluding tert-OH is 1. The van der Waals surface area contributed by atoms with Crippen molar-refractivity contribution in [3.63, 3.8) is 0 Å². The first-order valence-electron chi connectivity index (χ1n) is 14.5. The van der Waals surface area contributed by atoms with E-state index in [1.807, 2.05) is 73.7 Å². The zero-order valence-corrected chi connectivity index (χ0v) is 25.9. The van der Waals surface area contributed by atoms with Gasteiger partial charge < -0.3 is 5.11 Å². The summed E-state index contributed by atoms with van der Waals surface area (Å²) in [6.45, 7) is 2.39. The minimum atomic E-state index is -1.19. The number of nitrogens with one attached hydrogen (secondary N) is 1. The Kier molecular flexibility index (Phi) is 10.6. The Morgan fingerprint density at radius 1 is 0.955 bits per heavy atom. The first kappa shape index (κ1) is 31.6. The van der Waals surface area contributed by atoms with Crippen molar-refractivity contribution in [2.24, 2.45) is 0 Å². The maximum absolute atomic E-state index is 13.1. The summed E-state index contributed by atoms with van der Waals surface area (Å²) < 4.78 is 0.714. The van der Waals surface area contributed by atoms with Crippen molar-refractivity contribution in [1.82, 2.24) is 20.0 Å². The quantitative estimate of drug-likeness (QED) is 0.0933. The average Bonchev–Trinajstić information content (AvgIpc) is 3.01. The summed E-state index contributed by atoms with van der Waals surface area (Å²) in [5, 5.41) is 21.2. The molecule has 0 fully saturated rings. The Hall–Kier alpha value is -3.80. The van der Waals surface area contributed by atoms with E-state index in [-0.39, 0.29) is 18.7 Å². The van der Waals surface area contributed by atoms with E-state index in [2.05, 4.69) is 5.43 Å². The second-order valence-corrected chi connectivity index (χ2v) is 12.1. The number of carbonyl (C=O) groups excluding carboxylic acids is 2. The standard InChI is InChI=1S/C33H34ClN5O4S/c1-22-12-14-23(15-13-22)30-31(24-16-18-25(34)19-17-24)36-32-27(35-30)21-28(40)33(42)38(32)20-8-3-2-7-11-29(41)37-39(43)44-26-9-5-4-6-10-26/h4-6,9-10,12-19,28,40,43H,2-3,7-8,11,20-21H2,1H3,(H,37,41). The number of halogens is 1. The molecule has 0 radical (unpaired) electrons. The number of benzene rings is 3. The summed E-state index contributed by atoms with van der Waals surface area (Å²) in [6, 6.07) is 24.6. The molecule has 3 aromatic carbocycles. The van der Waals surface area contributed by atoms with E-state index in [1.165, 1.54) is 4.90 Å². The number of hydrogen-bond acceptors (Lipinski definition) is 8. The van der Waals surface area contributed by atoms with Gasteiger partial charge in [-0.25, -0.2) is 9.97 Å². The van der Waals surface area contributed by atoms with Crippen LogP contribution < -0.4 is 10.3 Å². The fourth-order valence-corrected chi connectivity index (χ4v) is 5.73. The van der Waals surface area contributed by atoms with Gasteiger partial charge in [-0.05, 0) is 48.6 Å². The van der Waals surface area contributed by atoms with Gasteiger partial charge in [-0.2, -0.15) is 0 Å². The van der Waals surface area contributed by atoms with E-state index >= 15 is 0 Å². The van der Waals surface area contributed by atoms with Crippen LogP contribution in [0.2, 0.25) is 5.02 Å². The highest BCUT2D eigenvalue weighted by Gasteiger charge is 2.34. The van der Waals surface area contributed by atoms with E-state index in [9.17, 15) is 19.9 Å². The van der Waals surface area contributed by atoms with Crippen LogP contribution in [0.4, 0.5) is 5.82 Å². The molecule has 1 aliphatic heterocycles. The number of anilines is 1. The highest BCUT2D eigenvalue weighted by atomic mass is 35.5. The van der Waals surface area contributed by atoms with Gasteiger partial charge in [0, 0.05) is 52.4 Å². The minimum Gasteiger partial charge on any atom is -0.383 e. The SMILES string of the molecule is Cc1ccc(-c2nc3c(nc2-c2ccc(Cl)cc2)N(CCCCCCC(=O)NN(O)Sc2ccccc2)C(=O)C(O)C3)cc1. The number of rotatable bonds is 12. The predicted molar refractivity (Wildman–Crippen MR) is 172 cm³/mol. The topological polar surface area (TPSA) is 119 Å². The molecule has 44 heavy (non-hydrogen) atoms. The molecular weight excluding hydrogens is 598 g/mol. The fourth-order valence-electron chi connectivity index (χ4n) is 4.98. The first-order valence-corrected chi connectivity index (χ1v) is 15.7. The van der Waals surface area contributed by atoms with Crippen LogP contribution in [0.5, 0.6) is 0 Å². The third-order valence-electron chi connectivity index (χ3n) is 7.27. The number of amides is 2. The normalized spacial score (nSPS) is 14.5. The summed E-state index contributed by atoms with van der Waals surface area (Å²) in [4.78, 5) is 37.6. The molecule has 228 valence electrons. The Morgan fingerprint density at radius 3 is 2.30 bits per heavy atom. The lowest BCUT2D eigenvalue weighted by Gasteiger charge is -2.31. The summed E-state index contributed by atoms with van der Waals surface area (Å²) in [5.74, 6) is -0.219. The smallest absolute Gasteiger partial charge is 0.257 e. The largest absolute Gasteiger partial charge is 0.383 e. The van der Waals surface area contributed by atoms with Crippen molar-refractivity contribution in [1.29, 1.82) is 0 Å². The van der Waals surface area contributed by atoms with E-state index in [0.717, 1.165) is 46.4 Å². The molecule has 0 saturated heterocycles. The number of hydrogen-bond donors (Lipinski definition) is 3. The molecule has 1 aromatic heterocycles. The molecule has 2 heterocycles. The molecule has 1 unspecified atom stereocenters. The number of aliphatic hydroxyl groups is 1. The van der Waals surface area contributed by atoms with Crippen molar-refractivity contribution in [3.05, 3.63) is 95.1 Å². The van der Waals surface area contributed by atoms with Crippen LogP contribution in [0.3, 0.4) is 0 Å². The van der Waals surface area contributed by atoms with Crippen molar-refractivity contribution >= 4 is 41.2 Å². The van der Waals surface area contributed by atoms with Crippen molar-refractivity contribution in [2.45, 2.75) is 56.4 Å². The molecular formula is C33H34ClN5O4S. The predicted octanol–water partition coefficient (Wildman–Crippen LogP) is 6.40. The fraction of sp³-hybridized carbons (Fsp3) is 0.273. The monoisotopic (exact) mass is 631 g/mol. The average molecular weight is 632 g/mol. The van der Waals surface area contributed by atoms with Crippen LogP contribution in [-0.4, -0.2) is 49.3 Å². The van der Waals surface area contributed by atoms with E-state index in [1.54, 1.807) is 12.1 Å². The van der Waals surface area contributed by atoms with Crippen molar-refractivity contribution < 1.29 is 19.9 Å². The van der Waals surface area contributed by atoms with Gasteiger partial charge in [-0.3, -0.25) is 25.1 Å². The molecule has 0 bridgehead atoms. The molecule has 2 amide bonds. The number of unbranched alkanes of at least 4 members (excludes halogenated alkanes) is 3. The highest BCUT2D eigenvalue weighted by Crippen LogP contribution is 2.35. The lowest BCUT2D eigenvalue weighted by atomic mass is 10.0. The van der Waals surface area contributed by atoms with Crippen molar-refractivity contribution in [3.8, 4) is 22.5 Å². The summed E-state index contributed by atoms with van der Waals surface area (Å²) in [5.41, 5.74) is 7.16. The van der Waals surface area contributed by atoms with Gasteiger partial charge in [0.15, 0.2) is 5.82 Å². The van der Waals surface area contributed by atoms with Crippen LogP contribution in [-0.2, 0) is 16.0 Å². The van der Waals surface area contributed by atoms with Gasteiger partial charge in [0.25, 0.3) is 5.91 Å². The lowest BCUT2D eigenvalue weighted by molar-refractivity contribution is -0.134. The summed E-state index contributed by atoms with van der Waals surface area (Å²) >= 11 is 7.17. The second-order valence-electron chi connectivity index (χ2n) is 10.7. The highest BCUT2D eigenvalue weighted by molar-refractivity contribution is 7.96. The Balaban J connectivity index is 1.23. The van der Waals surface area contributed by atoms with E-state index in [4.69, 9.17) is 21.6 Å². The number of nitrogens with zero attached hydrogens (tertiary/aromatic N) is 4. The third kappa shape index (κ3) is 8.02. The minimum absolute atomic E-state index is 0.0942. The van der Waals surface area contributed by atoms with Crippen molar-refractivity contribution in [2.75, 3.05) is 11.4 Å².